The van der Waals surface area contributed by atoms with Gasteiger partial charge in [-0.15, -0.1) is 10.2 Å². The lowest BCUT2D eigenvalue weighted by molar-refractivity contribution is -0.114. The summed E-state index contributed by atoms with van der Waals surface area (Å²) in [5.74, 6) is -0.503. The molecule has 10 heteroatoms. The van der Waals surface area contributed by atoms with Crippen molar-refractivity contribution in [2.75, 3.05) is 30.3 Å². The van der Waals surface area contributed by atoms with Crippen molar-refractivity contribution < 1.29 is 13.2 Å². The Balaban J connectivity index is 1.84. The van der Waals surface area contributed by atoms with Crippen LogP contribution in [0, 0.1) is 13.8 Å². The van der Waals surface area contributed by atoms with Crippen molar-refractivity contribution in [3.05, 3.63) is 59.7 Å². The van der Waals surface area contributed by atoms with Gasteiger partial charge in [-0.1, -0.05) is 53.8 Å². The normalized spacial score (nSPS) is 11.5. The Labute approximate surface area is 180 Å². The lowest BCUT2D eigenvalue weighted by Gasteiger charge is -2.28. The zero-order chi connectivity index (χ0) is 21.9. The molecule has 0 spiro atoms. The molecule has 0 bridgehead atoms. The van der Waals surface area contributed by atoms with Crippen LogP contribution in [-0.2, 0) is 15.0 Å². The van der Waals surface area contributed by atoms with Gasteiger partial charge < -0.3 is 0 Å². The molecule has 2 aromatic carbocycles. The SMILES string of the molecule is Cc1ccc(C)c(N(CC(=O)Nc2nnc(-c3ccccc3)s2)S(=O)(=O)N(C)C)c1. The number of aromatic nitrogens is 2. The molecule has 158 valence electrons. The number of benzene rings is 2. The number of nitrogens with one attached hydrogen (secondary N) is 1. The minimum atomic E-state index is -3.88. The number of carbonyl (C=O) groups is 1. The van der Waals surface area contributed by atoms with Gasteiger partial charge in [-0.05, 0) is 31.0 Å². The van der Waals surface area contributed by atoms with Gasteiger partial charge in [0.05, 0.1) is 5.69 Å². The highest BCUT2D eigenvalue weighted by atomic mass is 32.2. The molecule has 0 saturated heterocycles. The van der Waals surface area contributed by atoms with Crippen molar-refractivity contribution in [1.82, 2.24) is 14.5 Å². The molecule has 0 aliphatic rings. The van der Waals surface area contributed by atoms with Gasteiger partial charge in [0.2, 0.25) is 11.0 Å². The monoisotopic (exact) mass is 445 g/mol. The highest BCUT2D eigenvalue weighted by molar-refractivity contribution is 7.90. The molecule has 3 rings (SSSR count). The first kappa shape index (κ1) is 21.9. The van der Waals surface area contributed by atoms with Gasteiger partial charge in [0, 0.05) is 19.7 Å². The van der Waals surface area contributed by atoms with Crippen LogP contribution in [0.5, 0.6) is 0 Å². The fraction of sp³-hybridized carbons (Fsp3) is 0.250. The summed E-state index contributed by atoms with van der Waals surface area (Å²) in [5, 5.41) is 11.7. The van der Waals surface area contributed by atoms with Crippen LogP contribution >= 0.6 is 11.3 Å². The first-order chi connectivity index (χ1) is 14.2. The number of hydrogen-bond acceptors (Lipinski definition) is 6. The fourth-order valence-electron chi connectivity index (χ4n) is 2.74. The van der Waals surface area contributed by atoms with Crippen molar-refractivity contribution in [1.29, 1.82) is 0 Å². The average Bonchev–Trinajstić information content (AvgIpc) is 3.17. The summed E-state index contributed by atoms with van der Waals surface area (Å²) in [6.45, 7) is 3.29. The molecule has 3 aromatic rings. The molecule has 0 fully saturated rings. The van der Waals surface area contributed by atoms with Crippen LogP contribution in [0.25, 0.3) is 10.6 Å². The van der Waals surface area contributed by atoms with Crippen LogP contribution in [0.1, 0.15) is 11.1 Å². The number of rotatable bonds is 7. The maximum Gasteiger partial charge on any atom is 0.304 e. The predicted octanol–water partition coefficient (Wildman–Crippen LogP) is 3.07. The second-order valence-electron chi connectivity index (χ2n) is 6.91. The molecule has 1 heterocycles. The van der Waals surface area contributed by atoms with Crippen LogP contribution in [0.4, 0.5) is 10.8 Å². The lowest BCUT2D eigenvalue weighted by Crippen LogP contribution is -2.44. The predicted molar refractivity (Wildman–Crippen MR) is 120 cm³/mol. The third-order valence-corrected chi connectivity index (χ3v) is 7.05. The van der Waals surface area contributed by atoms with Gasteiger partial charge in [-0.3, -0.25) is 10.1 Å². The molecule has 0 unspecified atom stereocenters. The smallest absolute Gasteiger partial charge is 0.299 e. The highest BCUT2D eigenvalue weighted by Gasteiger charge is 2.28. The van der Waals surface area contributed by atoms with Gasteiger partial charge in [-0.25, -0.2) is 4.31 Å². The summed E-state index contributed by atoms with van der Waals surface area (Å²) < 4.78 is 28.0. The first-order valence-corrected chi connectivity index (χ1v) is 11.4. The maximum absolute atomic E-state index is 12.9. The Morgan fingerprint density at radius 3 is 2.43 bits per heavy atom. The van der Waals surface area contributed by atoms with E-state index in [0.29, 0.717) is 15.8 Å². The van der Waals surface area contributed by atoms with Crippen LogP contribution in [0.15, 0.2) is 48.5 Å². The van der Waals surface area contributed by atoms with E-state index in [9.17, 15) is 13.2 Å². The van der Waals surface area contributed by atoms with Crippen molar-refractivity contribution in [3.8, 4) is 10.6 Å². The van der Waals surface area contributed by atoms with Crippen molar-refractivity contribution >= 4 is 38.3 Å². The summed E-state index contributed by atoms with van der Waals surface area (Å²) in [6.07, 6.45) is 0. The van der Waals surface area contributed by atoms with Crippen LogP contribution in [0.2, 0.25) is 0 Å². The summed E-state index contributed by atoms with van der Waals surface area (Å²) in [7, 11) is -1.02. The molecule has 1 aromatic heterocycles. The van der Waals surface area contributed by atoms with Crippen LogP contribution < -0.4 is 9.62 Å². The van der Waals surface area contributed by atoms with E-state index < -0.39 is 16.1 Å². The van der Waals surface area contributed by atoms with Crippen LogP contribution in [-0.4, -0.2) is 49.5 Å². The summed E-state index contributed by atoms with van der Waals surface area (Å²) in [4.78, 5) is 12.7. The molecule has 1 N–H and O–H groups in total. The fourth-order valence-corrected chi connectivity index (χ4v) is 4.62. The Bertz CT molecular complexity index is 1140. The van der Waals surface area contributed by atoms with E-state index in [2.05, 4.69) is 15.5 Å². The highest BCUT2D eigenvalue weighted by Crippen LogP contribution is 2.27. The van der Waals surface area contributed by atoms with E-state index in [-0.39, 0.29) is 6.54 Å². The molecule has 0 saturated carbocycles. The van der Waals surface area contributed by atoms with E-state index in [1.165, 1.54) is 25.4 Å². The van der Waals surface area contributed by atoms with E-state index in [4.69, 9.17) is 0 Å². The van der Waals surface area contributed by atoms with Gasteiger partial charge >= 0.3 is 10.2 Å². The Morgan fingerprint density at radius 2 is 1.77 bits per heavy atom. The topological polar surface area (TPSA) is 95.5 Å². The maximum atomic E-state index is 12.9. The van der Waals surface area contributed by atoms with Crippen molar-refractivity contribution in [3.63, 3.8) is 0 Å². The minimum Gasteiger partial charge on any atom is -0.299 e. The number of carbonyl (C=O) groups excluding carboxylic acids is 1. The Hall–Kier alpha value is -2.82. The second-order valence-corrected chi connectivity index (χ2v) is 9.96. The molecule has 0 radical (unpaired) electrons. The summed E-state index contributed by atoms with van der Waals surface area (Å²) in [6, 6.07) is 15.0. The Morgan fingerprint density at radius 1 is 1.07 bits per heavy atom. The second kappa shape index (κ2) is 8.90. The molecular formula is C20H23N5O3S2. The number of aryl methyl sites for hydroxylation is 2. The summed E-state index contributed by atoms with van der Waals surface area (Å²) >= 11 is 1.22. The molecule has 0 aliphatic heterocycles. The number of amides is 1. The van der Waals surface area contributed by atoms with Gasteiger partial charge in [-0.2, -0.15) is 12.7 Å². The van der Waals surface area contributed by atoms with E-state index in [1.54, 1.807) is 6.07 Å². The molecule has 1 amide bonds. The average molecular weight is 446 g/mol. The van der Waals surface area contributed by atoms with E-state index in [0.717, 1.165) is 25.3 Å². The zero-order valence-corrected chi connectivity index (χ0v) is 18.8. The van der Waals surface area contributed by atoms with Crippen LogP contribution in [0.3, 0.4) is 0 Å². The molecule has 30 heavy (non-hydrogen) atoms. The van der Waals surface area contributed by atoms with Crippen molar-refractivity contribution in [2.24, 2.45) is 0 Å². The number of anilines is 2. The first-order valence-electron chi connectivity index (χ1n) is 9.14. The van der Waals surface area contributed by atoms with E-state index >= 15 is 0 Å². The van der Waals surface area contributed by atoms with Gasteiger partial charge in [0.15, 0.2) is 0 Å². The summed E-state index contributed by atoms with van der Waals surface area (Å²) in [5.41, 5.74) is 3.00. The van der Waals surface area contributed by atoms with Gasteiger partial charge in [0.1, 0.15) is 11.6 Å². The zero-order valence-electron chi connectivity index (χ0n) is 17.2. The molecule has 0 aliphatic carbocycles. The number of hydrogen-bond donors (Lipinski definition) is 1. The largest absolute Gasteiger partial charge is 0.304 e. The Kier molecular flexibility index (Phi) is 6.49. The lowest BCUT2D eigenvalue weighted by atomic mass is 10.1. The molecule has 0 atom stereocenters. The number of nitrogens with zero attached hydrogens (tertiary/aromatic N) is 4. The standard InChI is InChI=1S/C20H23N5O3S2/c1-14-10-11-15(2)17(12-14)25(30(27,28)24(3)4)13-18(26)21-20-23-22-19(29-20)16-8-6-5-7-9-16/h5-12H,13H2,1-4H3,(H,21,23,26). The minimum absolute atomic E-state index is 0.307. The van der Waals surface area contributed by atoms with Crippen molar-refractivity contribution in [2.45, 2.75) is 13.8 Å². The third-order valence-electron chi connectivity index (χ3n) is 4.35. The third kappa shape index (κ3) is 4.84. The quantitative estimate of drug-likeness (QED) is 0.603. The molecular weight excluding hydrogens is 422 g/mol. The molecule has 8 nitrogen and oxygen atoms in total. The van der Waals surface area contributed by atoms with E-state index in [1.807, 2.05) is 56.3 Å². The van der Waals surface area contributed by atoms with Gasteiger partial charge in [0.25, 0.3) is 0 Å².